The predicted octanol–water partition coefficient (Wildman–Crippen LogP) is 8.26. The molecule has 0 spiro atoms. The summed E-state index contributed by atoms with van der Waals surface area (Å²) in [7, 11) is -1.13. The van der Waals surface area contributed by atoms with Crippen LogP contribution in [0.25, 0.3) is 27.6 Å². The minimum atomic E-state index is -4.03. The molecule has 3 aliphatic carbocycles. The molecule has 386 valence electrons. The Balaban J connectivity index is 1.30. The highest BCUT2D eigenvalue weighted by Gasteiger charge is 2.67. The third-order valence-corrected chi connectivity index (χ3v) is 14.1. The molecule has 16 nitrogen and oxygen atoms in total. The van der Waals surface area contributed by atoms with Crippen LogP contribution in [-0.4, -0.2) is 94.6 Å². The fourth-order valence-corrected chi connectivity index (χ4v) is 10.7. The molecule has 2 aromatic carbocycles. The molecule has 0 unspecified atom stereocenters. The molecule has 26 heteroatoms. The van der Waals surface area contributed by atoms with Crippen molar-refractivity contribution in [1.82, 2.24) is 39.4 Å². The number of halogens is 9. The number of nitrogens with one attached hydrogen (secondary N) is 3. The number of ether oxygens (including phenoxy) is 2. The second-order valence-corrected chi connectivity index (χ2v) is 20.5. The predicted molar refractivity (Wildman–Crippen MR) is 248 cm³/mol. The van der Waals surface area contributed by atoms with Gasteiger partial charge >= 0.3 is 0 Å². The monoisotopic (exact) mass is 1050 g/mol. The second kappa shape index (κ2) is 19.5. The van der Waals surface area contributed by atoms with Crippen LogP contribution in [0.3, 0.4) is 0 Å². The largest absolute Gasteiger partial charge is 0.385 e. The molecule has 6 aromatic rings. The van der Waals surface area contributed by atoms with Gasteiger partial charge in [-0.25, -0.2) is 44.7 Å². The number of benzene rings is 2. The van der Waals surface area contributed by atoms with Gasteiger partial charge < -0.3 is 20.1 Å². The molecule has 3 N–H and O–H groups in total. The maximum Gasteiger partial charge on any atom is 0.293 e. The smallest absolute Gasteiger partial charge is 0.293 e. The Morgan fingerprint density at radius 2 is 1.67 bits per heavy atom. The van der Waals surface area contributed by atoms with E-state index >= 15 is 22.4 Å². The lowest BCUT2D eigenvalue weighted by molar-refractivity contribution is -0.123. The Hall–Kier alpha value is -5.92. The van der Waals surface area contributed by atoms with Gasteiger partial charge in [0.2, 0.25) is 21.9 Å². The number of amides is 1. The van der Waals surface area contributed by atoms with Crippen molar-refractivity contribution in [3.05, 3.63) is 97.4 Å². The van der Waals surface area contributed by atoms with Gasteiger partial charge in [-0.2, -0.15) is 19.0 Å². The molecule has 1 amide bonds. The van der Waals surface area contributed by atoms with E-state index in [1.807, 2.05) is 0 Å². The van der Waals surface area contributed by atoms with Crippen LogP contribution in [0.1, 0.15) is 96.9 Å². The zero-order valence-electron chi connectivity index (χ0n) is 38.7. The SMILES string of the molecule is COCCCn1nc(NS(C)(=O)=O)c2c(Cl)ccc(-n3c([C@H](Cc4cc(F)cc(F)c4)NC(=O)Cn4nc(C(F)F)c5c4C(F)(F)[C@@H]4C[C@H]54)nc4nc(C5CCC(F)(F)CC5)cc(NCCOC)c4c3=O)c21. The van der Waals surface area contributed by atoms with Crippen molar-refractivity contribution in [1.29, 1.82) is 0 Å². The van der Waals surface area contributed by atoms with Gasteiger partial charge in [0.05, 0.1) is 46.2 Å². The quantitative estimate of drug-likeness (QED) is 0.0523. The van der Waals surface area contributed by atoms with Crippen molar-refractivity contribution in [3.8, 4) is 5.69 Å². The van der Waals surface area contributed by atoms with Gasteiger partial charge in [-0.1, -0.05) is 11.6 Å². The number of anilines is 2. The summed E-state index contributed by atoms with van der Waals surface area (Å²) in [4.78, 5) is 39.9. The Labute approximate surface area is 410 Å². The number of alkyl halides is 6. The molecule has 72 heavy (non-hydrogen) atoms. The number of sulfonamides is 1. The molecule has 0 radical (unpaired) electrons. The molecule has 2 fully saturated rings. The van der Waals surface area contributed by atoms with E-state index in [1.165, 1.54) is 31.0 Å². The van der Waals surface area contributed by atoms with E-state index < -0.39 is 118 Å². The van der Waals surface area contributed by atoms with Crippen LogP contribution in [0.5, 0.6) is 0 Å². The number of aromatic nitrogens is 7. The van der Waals surface area contributed by atoms with Gasteiger partial charge in [-0.15, -0.1) is 0 Å². The molecule has 4 aromatic heterocycles. The van der Waals surface area contributed by atoms with Crippen molar-refractivity contribution in [2.45, 2.75) is 94.2 Å². The van der Waals surface area contributed by atoms with Gasteiger partial charge in [-0.05, 0) is 67.5 Å². The van der Waals surface area contributed by atoms with Crippen LogP contribution in [0.4, 0.5) is 46.6 Å². The molecular formula is C46H47ClF8N10O6S. The summed E-state index contributed by atoms with van der Waals surface area (Å²) in [6.45, 7) is -0.580. The summed E-state index contributed by atoms with van der Waals surface area (Å²) in [6, 6.07) is 5.07. The van der Waals surface area contributed by atoms with E-state index in [4.69, 9.17) is 31.0 Å². The number of hydrogen-bond acceptors (Lipinski definition) is 11. The minimum absolute atomic E-state index is 0.00473. The number of fused-ring (bicyclic) bond motifs is 5. The van der Waals surface area contributed by atoms with Gasteiger partial charge in [0, 0.05) is 82.3 Å². The number of hydrogen-bond donors (Lipinski definition) is 3. The fourth-order valence-electron chi connectivity index (χ4n) is 9.99. The first-order valence-electron chi connectivity index (χ1n) is 22.8. The van der Waals surface area contributed by atoms with E-state index in [0.29, 0.717) is 10.7 Å². The van der Waals surface area contributed by atoms with E-state index in [-0.39, 0.29) is 113 Å². The highest BCUT2D eigenvalue weighted by Crippen LogP contribution is 2.68. The first-order valence-corrected chi connectivity index (χ1v) is 25.1. The van der Waals surface area contributed by atoms with Crippen LogP contribution < -0.4 is 20.9 Å². The molecule has 0 bridgehead atoms. The summed E-state index contributed by atoms with van der Waals surface area (Å²) in [5, 5.41) is 13.9. The van der Waals surface area contributed by atoms with Gasteiger partial charge in [-0.3, -0.25) is 28.2 Å². The highest BCUT2D eigenvalue weighted by atomic mass is 35.5. The van der Waals surface area contributed by atoms with Gasteiger partial charge in [0.25, 0.3) is 17.9 Å². The number of rotatable bonds is 19. The van der Waals surface area contributed by atoms with Crippen LogP contribution >= 0.6 is 11.6 Å². The number of pyridine rings is 1. The van der Waals surface area contributed by atoms with Gasteiger partial charge in [0.15, 0.2) is 11.5 Å². The highest BCUT2D eigenvalue weighted by molar-refractivity contribution is 7.92. The van der Waals surface area contributed by atoms with Crippen molar-refractivity contribution in [2.24, 2.45) is 5.92 Å². The van der Waals surface area contributed by atoms with E-state index in [2.05, 4.69) is 25.6 Å². The summed E-state index contributed by atoms with van der Waals surface area (Å²) >= 11 is 6.81. The Morgan fingerprint density at radius 1 is 0.958 bits per heavy atom. The summed E-state index contributed by atoms with van der Waals surface area (Å²) in [5.74, 6) is -13.0. The number of carbonyl (C=O) groups excluding carboxylic acids is 1. The molecule has 0 saturated heterocycles. The van der Waals surface area contributed by atoms with E-state index in [9.17, 15) is 30.8 Å². The molecule has 0 aliphatic heterocycles. The topological polar surface area (TPSA) is 189 Å². The molecule has 3 aliphatic rings. The number of carbonyl (C=O) groups is 1. The van der Waals surface area contributed by atoms with Crippen LogP contribution in [0.2, 0.25) is 5.02 Å². The van der Waals surface area contributed by atoms with Crippen LogP contribution in [0, 0.1) is 17.6 Å². The number of methoxy groups -OCH3 is 2. The van der Waals surface area contributed by atoms with Gasteiger partial charge in [0.1, 0.15) is 40.8 Å². The normalized spacial score (nSPS) is 18.7. The Kier molecular flexibility index (Phi) is 13.8. The average molecular weight is 1060 g/mol. The summed E-state index contributed by atoms with van der Waals surface area (Å²) in [6.07, 6.45) is -3.57. The molecule has 3 atom stereocenters. The summed E-state index contributed by atoms with van der Waals surface area (Å²) in [5.41, 5.74) is -2.94. The Bertz CT molecular complexity index is 3250. The summed E-state index contributed by atoms with van der Waals surface area (Å²) < 4.78 is 160. The first-order chi connectivity index (χ1) is 34.1. The molecule has 2 saturated carbocycles. The first kappa shape index (κ1) is 51.0. The van der Waals surface area contributed by atoms with Crippen LogP contribution in [0.15, 0.2) is 41.2 Å². The fraction of sp³-hybridized carbons (Fsp3) is 0.478. The lowest BCUT2D eigenvalue weighted by Crippen LogP contribution is -2.38. The maximum atomic E-state index is 15.8. The zero-order valence-corrected chi connectivity index (χ0v) is 40.3. The van der Waals surface area contributed by atoms with Crippen molar-refractivity contribution < 1.29 is 57.8 Å². The average Bonchev–Trinajstić information content (AvgIpc) is 3.81. The lowest BCUT2D eigenvalue weighted by atomic mass is 9.84. The third-order valence-electron chi connectivity index (χ3n) is 13.2. The van der Waals surface area contributed by atoms with Crippen molar-refractivity contribution in [3.63, 3.8) is 0 Å². The standard InChI is InChI=1S/C46H47ClF8N10O6S/c1-70-13-4-12-63-38-32(6-5-28(47)35(38)42(61-63)62-72(3,68)69)65-43(59-41-36(44(65)67)30(56-11-14-71-2)20-29(58-41)23-7-9-45(52,53)10-8-23)31(17-22-15-24(48)18-25(49)16-22)57-33(66)21-64-39-34(37(60-64)40(50)51)26-19-27(26)46(39,54)55/h5-6,15-16,18,20,23,26-27,31,40H,4,7-14,17,19,21H2,1-3H3,(H,56,58)(H,57,66)(H,61,62)/t26-,27+,31-/m0/s1. The van der Waals surface area contributed by atoms with Crippen molar-refractivity contribution >= 4 is 61.0 Å². The molecular weight excluding hydrogens is 1010 g/mol. The number of aryl methyl sites for hydroxylation is 1. The van der Waals surface area contributed by atoms with Crippen molar-refractivity contribution in [2.75, 3.05) is 50.3 Å². The van der Waals surface area contributed by atoms with Crippen LogP contribution in [-0.2, 0) is 49.7 Å². The lowest BCUT2D eigenvalue weighted by Gasteiger charge is -2.28. The molecule has 4 heterocycles. The second-order valence-electron chi connectivity index (χ2n) is 18.3. The van der Waals surface area contributed by atoms with E-state index in [1.54, 1.807) is 6.07 Å². The Morgan fingerprint density at radius 3 is 2.33 bits per heavy atom. The number of nitrogens with zero attached hydrogens (tertiary/aromatic N) is 7. The maximum absolute atomic E-state index is 15.8. The third kappa shape index (κ3) is 9.95. The minimum Gasteiger partial charge on any atom is -0.385 e. The molecule has 9 rings (SSSR count). The van der Waals surface area contributed by atoms with E-state index in [0.717, 1.165) is 23.0 Å². The zero-order chi connectivity index (χ0) is 51.6.